The Labute approximate surface area is 126 Å². The number of rotatable bonds is 5. The summed E-state index contributed by atoms with van der Waals surface area (Å²) in [6.07, 6.45) is 2.39. The molecule has 0 aliphatic carbocycles. The van der Waals surface area contributed by atoms with Crippen LogP contribution in [0.3, 0.4) is 0 Å². The third kappa shape index (κ3) is 2.88. The van der Waals surface area contributed by atoms with Gasteiger partial charge in [0.25, 0.3) is 0 Å². The van der Waals surface area contributed by atoms with E-state index in [1.165, 1.54) is 0 Å². The van der Waals surface area contributed by atoms with Crippen LogP contribution in [0.1, 0.15) is 12.0 Å². The molecule has 0 saturated heterocycles. The number of carboxylic acid groups (broad SMARTS) is 1. The van der Waals surface area contributed by atoms with Crippen LogP contribution in [-0.4, -0.2) is 26.6 Å². The second kappa shape index (κ2) is 5.81. The number of aromatic nitrogens is 2. The Balaban J connectivity index is 1.76. The molecule has 1 heterocycles. The van der Waals surface area contributed by atoms with E-state index in [4.69, 9.17) is 5.11 Å². The SMILES string of the molecule is O=C(O)C(=O)CCc1ccc(-n2cc3ccccc3n2)cc1. The van der Waals surface area contributed by atoms with Gasteiger partial charge in [0.15, 0.2) is 0 Å². The van der Waals surface area contributed by atoms with E-state index in [2.05, 4.69) is 5.10 Å². The first-order chi connectivity index (χ1) is 10.6. The molecular formula is C17H14N2O3. The minimum Gasteiger partial charge on any atom is -0.476 e. The number of carboxylic acids is 1. The van der Waals surface area contributed by atoms with E-state index < -0.39 is 11.8 Å². The molecule has 110 valence electrons. The standard InChI is InChI=1S/C17H14N2O3/c20-16(17(21)22)10-7-12-5-8-14(9-6-12)19-11-13-3-1-2-4-15(13)18-19/h1-6,8-9,11H,7,10H2,(H,21,22). The maximum Gasteiger partial charge on any atom is 0.372 e. The van der Waals surface area contributed by atoms with Gasteiger partial charge >= 0.3 is 5.97 Å². The highest BCUT2D eigenvalue weighted by atomic mass is 16.4. The second-order valence-electron chi connectivity index (χ2n) is 5.03. The van der Waals surface area contributed by atoms with E-state index in [0.717, 1.165) is 22.2 Å². The molecule has 0 amide bonds. The van der Waals surface area contributed by atoms with Crippen molar-refractivity contribution in [2.75, 3.05) is 0 Å². The topological polar surface area (TPSA) is 72.2 Å². The average Bonchev–Trinajstić information content (AvgIpc) is 2.97. The van der Waals surface area contributed by atoms with Crippen LogP contribution in [0.5, 0.6) is 0 Å². The van der Waals surface area contributed by atoms with Crippen LogP contribution in [0.4, 0.5) is 0 Å². The fourth-order valence-corrected chi connectivity index (χ4v) is 2.28. The number of carbonyl (C=O) groups is 2. The predicted molar refractivity (Wildman–Crippen MR) is 82.0 cm³/mol. The number of aliphatic carboxylic acids is 1. The molecule has 0 aliphatic heterocycles. The third-order valence-electron chi connectivity index (χ3n) is 3.49. The highest BCUT2D eigenvalue weighted by Gasteiger charge is 2.11. The summed E-state index contributed by atoms with van der Waals surface area (Å²) in [5.41, 5.74) is 2.78. The number of Topliss-reactive ketones (excluding diaryl/α,β-unsaturated/α-hetero) is 1. The molecule has 3 aromatic rings. The van der Waals surface area contributed by atoms with Gasteiger partial charge in [0, 0.05) is 18.0 Å². The molecule has 22 heavy (non-hydrogen) atoms. The molecule has 3 rings (SSSR count). The van der Waals surface area contributed by atoms with E-state index in [0.29, 0.717) is 6.42 Å². The lowest BCUT2D eigenvalue weighted by Gasteiger charge is -2.03. The molecule has 0 spiro atoms. The summed E-state index contributed by atoms with van der Waals surface area (Å²) >= 11 is 0. The minimum atomic E-state index is -1.38. The number of hydrogen-bond acceptors (Lipinski definition) is 3. The number of benzene rings is 2. The number of nitrogens with zero attached hydrogens (tertiary/aromatic N) is 2. The van der Waals surface area contributed by atoms with Crippen LogP contribution >= 0.6 is 0 Å². The van der Waals surface area contributed by atoms with Crippen LogP contribution in [0.15, 0.2) is 54.7 Å². The van der Waals surface area contributed by atoms with Crippen molar-refractivity contribution in [2.45, 2.75) is 12.8 Å². The molecule has 0 fully saturated rings. The van der Waals surface area contributed by atoms with Crippen LogP contribution in [0, 0.1) is 0 Å². The van der Waals surface area contributed by atoms with Gasteiger partial charge in [-0.1, -0.05) is 30.3 Å². The van der Waals surface area contributed by atoms with Gasteiger partial charge in [-0.2, -0.15) is 5.10 Å². The molecule has 0 saturated carbocycles. The van der Waals surface area contributed by atoms with Crippen molar-refractivity contribution >= 4 is 22.7 Å². The van der Waals surface area contributed by atoms with Crippen molar-refractivity contribution in [3.05, 3.63) is 60.3 Å². The monoisotopic (exact) mass is 294 g/mol. The molecule has 5 nitrogen and oxygen atoms in total. The lowest BCUT2D eigenvalue weighted by atomic mass is 10.1. The van der Waals surface area contributed by atoms with Crippen molar-refractivity contribution in [2.24, 2.45) is 0 Å². The first-order valence-electron chi connectivity index (χ1n) is 6.93. The van der Waals surface area contributed by atoms with Gasteiger partial charge in [0.2, 0.25) is 5.78 Å². The van der Waals surface area contributed by atoms with E-state index in [1.54, 1.807) is 4.68 Å². The Kier molecular flexibility index (Phi) is 3.70. The van der Waals surface area contributed by atoms with Crippen molar-refractivity contribution < 1.29 is 14.7 Å². The van der Waals surface area contributed by atoms with Crippen LogP contribution in [0.2, 0.25) is 0 Å². The zero-order chi connectivity index (χ0) is 15.5. The van der Waals surface area contributed by atoms with Crippen molar-refractivity contribution in [1.82, 2.24) is 9.78 Å². The van der Waals surface area contributed by atoms with Gasteiger partial charge in [-0.15, -0.1) is 0 Å². The van der Waals surface area contributed by atoms with Gasteiger partial charge in [0.05, 0.1) is 11.2 Å². The first kappa shape index (κ1) is 14.0. The molecule has 1 N–H and O–H groups in total. The second-order valence-corrected chi connectivity index (χ2v) is 5.03. The summed E-state index contributed by atoms with van der Waals surface area (Å²) in [6, 6.07) is 15.5. The Morgan fingerprint density at radius 2 is 1.77 bits per heavy atom. The number of hydrogen-bond donors (Lipinski definition) is 1. The van der Waals surface area contributed by atoms with Crippen LogP contribution in [0.25, 0.3) is 16.6 Å². The molecule has 2 aromatic carbocycles. The maximum absolute atomic E-state index is 11.1. The summed E-state index contributed by atoms with van der Waals surface area (Å²) < 4.78 is 1.80. The maximum atomic E-state index is 11.1. The fraction of sp³-hybridized carbons (Fsp3) is 0.118. The molecule has 0 unspecified atom stereocenters. The molecule has 5 heteroatoms. The average molecular weight is 294 g/mol. The quantitative estimate of drug-likeness (QED) is 0.734. The normalized spacial score (nSPS) is 10.7. The van der Waals surface area contributed by atoms with E-state index in [-0.39, 0.29) is 6.42 Å². The molecular weight excluding hydrogens is 280 g/mol. The largest absolute Gasteiger partial charge is 0.476 e. The van der Waals surface area contributed by atoms with Gasteiger partial charge in [-0.05, 0) is 30.2 Å². The highest BCUT2D eigenvalue weighted by Crippen LogP contribution is 2.16. The Hall–Kier alpha value is -2.95. The minimum absolute atomic E-state index is 0.0142. The Morgan fingerprint density at radius 3 is 2.45 bits per heavy atom. The number of aryl methyl sites for hydroxylation is 1. The molecule has 0 radical (unpaired) electrons. The van der Waals surface area contributed by atoms with Gasteiger partial charge in [-0.3, -0.25) is 4.79 Å². The van der Waals surface area contributed by atoms with E-state index >= 15 is 0 Å². The van der Waals surface area contributed by atoms with Crippen LogP contribution < -0.4 is 0 Å². The van der Waals surface area contributed by atoms with Crippen molar-refractivity contribution in [3.63, 3.8) is 0 Å². The lowest BCUT2D eigenvalue weighted by molar-refractivity contribution is -0.149. The number of ketones is 1. The summed E-state index contributed by atoms with van der Waals surface area (Å²) in [5, 5.41) is 14.1. The Morgan fingerprint density at radius 1 is 1.05 bits per heavy atom. The van der Waals surface area contributed by atoms with Crippen molar-refractivity contribution in [3.8, 4) is 5.69 Å². The first-order valence-corrected chi connectivity index (χ1v) is 6.93. The predicted octanol–water partition coefficient (Wildman–Crippen LogP) is 2.61. The molecule has 0 aliphatic rings. The molecule has 1 aromatic heterocycles. The molecule has 0 bridgehead atoms. The van der Waals surface area contributed by atoms with E-state index in [9.17, 15) is 9.59 Å². The van der Waals surface area contributed by atoms with Crippen molar-refractivity contribution in [1.29, 1.82) is 0 Å². The van der Waals surface area contributed by atoms with Gasteiger partial charge in [0.1, 0.15) is 0 Å². The van der Waals surface area contributed by atoms with E-state index in [1.807, 2.05) is 54.7 Å². The summed E-state index contributed by atoms with van der Waals surface area (Å²) in [7, 11) is 0. The zero-order valence-corrected chi connectivity index (χ0v) is 11.8. The Bertz CT molecular complexity index is 801. The van der Waals surface area contributed by atoms with Gasteiger partial charge in [-0.25, -0.2) is 9.48 Å². The third-order valence-corrected chi connectivity index (χ3v) is 3.49. The zero-order valence-electron chi connectivity index (χ0n) is 11.8. The smallest absolute Gasteiger partial charge is 0.372 e. The summed E-state index contributed by atoms with van der Waals surface area (Å²) in [6.45, 7) is 0. The fourth-order valence-electron chi connectivity index (χ4n) is 2.28. The van der Waals surface area contributed by atoms with Gasteiger partial charge < -0.3 is 5.11 Å². The summed E-state index contributed by atoms with van der Waals surface area (Å²) in [5.74, 6) is -2.14. The summed E-state index contributed by atoms with van der Waals surface area (Å²) in [4.78, 5) is 21.6. The lowest BCUT2D eigenvalue weighted by Crippen LogP contribution is -2.12. The number of carbonyl (C=O) groups excluding carboxylic acids is 1. The highest BCUT2D eigenvalue weighted by molar-refractivity contribution is 6.32. The molecule has 0 atom stereocenters. The van der Waals surface area contributed by atoms with Crippen LogP contribution in [-0.2, 0) is 16.0 Å². The number of fused-ring (bicyclic) bond motifs is 1.